The van der Waals surface area contributed by atoms with Crippen molar-refractivity contribution in [2.75, 3.05) is 19.7 Å². The van der Waals surface area contributed by atoms with Crippen molar-refractivity contribution in [3.05, 3.63) is 59.0 Å². The zero-order valence-electron chi connectivity index (χ0n) is 12.5. The van der Waals surface area contributed by atoms with E-state index < -0.39 is 0 Å². The second-order valence-electron chi connectivity index (χ2n) is 5.12. The summed E-state index contributed by atoms with van der Waals surface area (Å²) in [6.07, 6.45) is 0.755. The van der Waals surface area contributed by atoms with Gasteiger partial charge >= 0.3 is 0 Å². The van der Waals surface area contributed by atoms with Crippen LogP contribution in [0, 0.1) is 13.8 Å². The van der Waals surface area contributed by atoms with E-state index in [9.17, 15) is 9.90 Å². The molecule has 0 saturated heterocycles. The third kappa shape index (κ3) is 3.95. The van der Waals surface area contributed by atoms with Crippen molar-refractivity contribution in [2.24, 2.45) is 0 Å². The lowest BCUT2D eigenvalue weighted by Gasteiger charge is -2.21. The number of carbonyl (C=O) groups is 1. The molecule has 112 valence electrons. The molecule has 1 amide bonds. The highest BCUT2D eigenvalue weighted by molar-refractivity contribution is 5.93. The Bertz CT molecular complexity index is 589. The molecule has 0 aliphatic rings. The molecule has 0 aliphatic carbocycles. The van der Waals surface area contributed by atoms with E-state index in [1.165, 1.54) is 5.56 Å². The van der Waals surface area contributed by atoms with Crippen molar-refractivity contribution < 1.29 is 14.3 Å². The summed E-state index contributed by atoms with van der Waals surface area (Å²) >= 11 is 0. The Balaban J connectivity index is 2.07. The first-order valence-electron chi connectivity index (χ1n) is 7.13. The van der Waals surface area contributed by atoms with Crippen LogP contribution in [0.4, 0.5) is 0 Å². The van der Waals surface area contributed by atoms with Gasteiger partial charge in [-0.2, -0.15) is 0 Å². The second-order valence-corrected chi connectivity index (χ2v) is 5.12. The molecular weight excluding hydrogens is 266 g/mol. The maximum Gasteiger partial charge on any atom is 0.289 e. The molecule has 0 bridgehead atoms. The lowest BCUT2D eigenvalue weighted by molar-refractivity contribution is 0.0690. The molecule has 1 aromatic carbocycles. The fraction of sp³-hybridized carbons (Fsp3) is 0.353. The molecule has 0 aliphatic heterocycles. The van der Waals surface area contributed by atoms with Gasteiger partial charge in [0.1, 0.15) is 5.76 Å². The molecule has 2 rings (SSSR count). The van der Waals surface area contributed by atoms with Gasteiger partial charge in [-0.1, -0.05) is 30.3 Å². The second kappa shape index (κ2) is 7.09. The van der Waals surface area contributed by atoms with Crippen molar-refractivity contribution in [2.45, 2.75) is 20.3 Å². The fourth-order valence-electron chi connectivity index (χ4n) is 2.34. The van der Waals surface area contributed by atoms with Crippen LogP contribution in [0.2, 0.25) is 0 Å². The van der Waals surface area contributed by atoms with E-state index >= 15 is 0 Å². The standard InChI is InChI=1S/C17H21NO3/c1-13-12-14(2)21-16(13)17(20)18(10-11-19)9-8-15-6-4-3-5-7-15/h3-7,12,19H,8-11H2,1-2H3. The monoisotopic (exact) mass is 287 g/mol. The number of aryl methyl sites for hydroxylation is 2. The third-order valence-electron chi connectivity index (χ3n) is 3.41. The lowest BCUT2D eigenvalue weighted by atomic mass is 10.1. The van der Waals surface area contributed by atoms with Crippen LogP contribution in [0.15, 0.2) is 40.8 Å². The van der Waals surface area contributed by atoms with Crippen LogP contribution in [0.25, 0.3) is 0 Å². The zero-order chi connectivity index (χ0) is 15.2. The van der Waals surface area contributed by atoms with E-state index in [0.717, 1.165) is 17.7 Å². The van der Waals surface area contributed by atoms with E-state index in [4.69, 9.17) is 4.42 Å². The first kappa shape index (κ1) is 15.3. The molecule has 0 fully saturated rings. The Kier molecular flexibility index (Phi) is 5.17. The van der Waals surface area contributed by atoms with Gasteiger partial charge in [0.15, 0.2) is 5.76 Å². The normalized spacial score (nSPS) is 10.6. The Hall–Kier alpha value is -2.07. The first-order valence-corrected chi connectivity index (χ1v) is 7.13. The molecule has 1 aromatic heterocycles. The molecule has 4 heteroatoms. The number of nitrogens with zero attached hydrogens (tertiary/aromatic N) is 1. The van der Waals surface area contributed by atoms with Crippen LogP contribution >= 0.6 is 0 Å². The Morgan fingerprint density at radius 1 is 1.19 bits per heavy atom. The van der Waals surface area contributed by atoms with Gasteiger partial charge in [0.2, 0.25) is 0 Å². The van der Waals surface area contributed by atoms with Gasteiger partial charge in [-0.3, -0.25) is 4.79 Å². The number of furan rings is 1. The summed E-state index contributed by atoms with van der Waals surface area (Å²) in [6.45, 7) is 4.49. The molecule has 0 unspecified atom stereocenters. The van der Waals surface area contributed by atoms with Crippen molar-refractivity contribution in [1.82, 2.24) is 4.90 Å². The summed E-state index contributed by atoms with van der Waals surface area (Å²) in [7, 11) is 0. The molecule has 1 heterocycles. The minimum absolute atomic E-state index is 0.0563. The van der Waals surface area contributed by atoms with Crippen molar-refractivity contribution in [1.29, 1.82) is 0 Å². The van der Waals surface area contributed by atoms with Gasteiger partial charge < -0.3 is 14.4 Å². The molecule has 4 nitrogen and oxygen atoms in total. The number of hydrogen-bond donors (Lipinski definition) is 1. The highest BCUT2D eigenvalue weighted by atomic mass is 16.4. The molecule has 0 radical (unpaired) electrons. The van der Waals surface area contributed by atoms with Crippen LogP contribution in [0.1, 0.15) is 27.4 Å². The average Bonchev–Trinajstić information content (AvgIpc) is 2.82. The molecular formula is C17H21NO3. The van der Waals surface area contributed by atoms with Gasteiger partial charge in [0.25, 0.3) is 5.91 Å². The quantitative estimate of drug-likeness (QED) is 0.888. The maximum absolute atomic E-state index is 12.5. The Labute approximate surface area is 125 Å². The van der Waals surface area contributed by atoms with Crippen LogP contribution < -0.4 is 0 Å². The Morgan fingerprint density at radius 3 is 2.48 bits per heavy atom. The van der Waals surface area contributed by atoms with Crippen LogP contribution in [0.5, 0.6) is 0 Å². The number of aliphatic hydroxyl groups excluding tert-OH is 1. The fourth-order valence-corrected chi connectivity index (χ4v) is 2.34. The summed E-state index contributed by atoms with van der Waals surface area (Å²) in [5.74, 6) is 0.933. The van der Waals surface area contributed by atoms with Crippen LogP contribution in [-0.2, 0) is 6.42 Å². The minimum Gasteiger partial charge on any atom is -0.456 e. The smallest absolute Gasteiger partial charge is 0.289 e. The number of rotatable bonds is 6. The van der Waals surface area contributed by atoms with Crippen molar-refractivity contribution >= 4 is 5.91 Å². The Morgan fingerprint density at radius 2 is 1.90 bits per heavy atom. The van der Waals surface area contributed by atoms with Gasteiger partial charge in [-0.25, -0.2) is 0 Å². The van der Waals surface area contributed by atoms with E-state index in [2.05, 4.69) is 0 Å². The van der Waals surface area contributed by atoms with Crippen LogP contribution in [0.3, 0.4) is 0 Å². The summed E-state index contributed by atoms with van der Waals surface area (Å²) in [4.78, 5) is 14.1. The largest absolute Gasteiger partial charge is 0.456 e. The number of hydrogen-bond acceptors (Lipinski definition) is 3. The van der Waals surface area contributed by atoms with E-state index in [-0.39, 0.29) is 12.5 Å². The highest BCUT2D eigenvalue weighted by Crippen LogP contribution is 2.16. The SMILES string of the molecule is Cc1cc(C)c(C(=O)N(CCO)CCc2ccccc2)o1. The molecule has 21 heavy (non-hydrogen) atoms. The third-order valence-corrected chi connectivity index (χ3v) is 3.41. The number of carbonyl (C=O) groups excluding carboxylic acids is 1. The molecule has 0 spiro atoms. The molecule has 2 aromatic rings. The van der Waals surface area contributed by atoms with E-state index in [1.54, 1.807) is 4.90 Å². The zero-order valence-corrected chi connectivity index (χ0v) is 12.5. The number of aliphatic hydroxyl groups is 1. The topological polar surface area (TPSA) is 53.7 Å². The average molecular weight is 287 g/mol. The van der Waals surface area contributed by atoms with Gasteiger partial charge in [0.05, 0.1) is 6.61 Å². The number of benzene rings is 1. The van der Waals surface area contributed by atoms with E-state index in [0.29, 0.717) is 18.8 Å². The predicted octanol–water partition coefficient (Wildman–Crippen LogP) is 2.57. The summed E-state index contributed by atoms with van der Waals surface area (Å²) in [5, 5.41) is 9.18. The van der Waals surface area contributed by atoms with Gasteiger partial charge in [-0.15, -0.1) is 0 Å². The summed E-state index contributed by atoms with van der Waals surface area (Å²) < 4.78 is 5.48. The predicted molar refractivity (Wildman–Crippen MR) is 81.3 cm³/mol. The minimum atomic E-state index is -0.161. The van der Waals surface area contributed by atoms with Gasteiger partial charge in [0, 0.05) is 18.7 Å². The maximum atomic E-state index is 12.5. The van der Waals surface area contributed by atoms with Crippen molar-refractivity contribution in [3.63, 3.8) is 0 Å². The van der Waals surface area contributed by atoms with Gasteiger partial charge in [-0.05, 0) is 31.9 Å². The lowest BCUT2D eigenvalue weighted by Crippen LogP contribution is -2.35. The first-order chi connectivity index (χ1) is 10.1. The van der Waals surface area contributed by atoms with E-state index in [1.807, 2.05) is 50.2 Å². The number of amides is 1. The molecule has 1 N–H and O–H groups in total. The van der Waals surface area contributed by atoms with Crippen LogP contribution in [-0.4, -0.2) is 35.6 Å². The highest BCUT2D eigenvalue weighted by Gasteiger charge is 2.21. The molecule has 0 atom stereocenters. The summed E-state index contributed by atoms with van der Waals surface area (Å²) in [6, 6.07) is 11.8. The summed E-state index contributed by atoms with van der Waals surface area (Å²) in [5.41, 5.74) is 2.00. The molecule has 0 saturated carbocycles. The van der Waals surface area contributed by atoms with Crippen molar-refractivity contribution in [3.8, 4) is 0 Å².